The molecule has 1 amide bonds. The van der Waals surface area contributed by atoms with Gasteiger partial charge >= 0.3 is 0 Å². The van der Waals surface area contributed by atoms with Crippen molar-refractivity contribution in [3.63, 3.8) is 0 Å². The average Bonchev–Trinajstić information content (AvgIpc) is 3.25. The van der Waals surface area contributed by atoms with E-state index in [-0.39, 0.29) is 5.91 Å². The molecule has 7 nitrogen and oxygen atoms in total. The molecule has 0 atom stereocenters. The van der Waals surface area contributed by atoms with Crippen molar-refractivity contribution in [1.82, 2.24) is 19.4 Å². The number of benzene rings is 1. The van der Waals surface area contributed by atoms with Gasteiger partial charge in [-0.25, -0.2) is 9.97 Å². The van der Waals surface area contributed by atoms with Crippen molar-refractivity contribution in [1.29, 1.82) is 0 Å². The highest BCUT2D eigenvalue weighted by Crippen LogP contribution is 2.26. The Kier molecular flexibility index (Phi) is 5.84. The summed E-state index contributed by atoms with van der Waals surface area (Å²) in [5.74, 6) is 0.0546. The Bertz CT molecular complexity index is 1020. The number of pyridine rings is 1. The largest absolute Gasteiger partial charge is 0.372 e. The number of piperidine rings is 2. The molecule has 0 radical (unpaired) electrons. The third-order valence-electron chi connectivity index (χ3n) is 6.52. The summed E-state index contributed by atoms with van der Waals surface area (Å²) >= 11 is 0. The van der Waals surface area contributed by atoms with E-state index in [1.807, 2.05) is 36.8 Å². The van der Waals surface area contributed by atoms with Crippen LogP contribution in [0.2, 0.25) is 0 Å². The van der Waals surface area contributed by atoms with E-state index in [2.05, 4.69) is 41.8 Å². The first-order valence-corrected chi connectivity index (χ1v) is 11.4. The monoisotopic (exact) mass is 418 g/mol. The third-order valence-corrected chi connectivity index (χ3v) is 6.52. The van der Waals surface area contributed by atoms with E-state index in [9.17, 15) is 4.79 Å². The van der Waals surface area contributed by atoms with Gasteiger partial charge in [0, 0.05) is 49.8 Å². The number of hydrogen-bond acceptors (Lipinski definition) is 5. The zero-order valence-electron chi connectivity index (χ0n) is 17.9. The molecule has 3 aromatic rings. The van der Waals surface area contributed by atoms with E-state index in [0.717, 1.165) is 55.9 Å². The molecule has 31 heavy (non-hydrogen) atoms. The van der Waals surface area contributed by atoms with Crippen molar-refractivity contribution in [3.05, 3.63) is 48.9 Å². The van der Waals surface area contributed by atoms with Crippen molar-refractivity contribution < 1.29 is 4.79 Å². The third kappa shape index (κ3) is 4.56. The molecule has 162 valence electrons. The molecule has 0 bridgehead atoms. The van der Waals surface area contributed by atoms with Crippen LogP contribution in [0.25, 0.3) is 11.2 Å². The topological polar surface area (TPSA) is 66.3 Å². The molecule has 1 N–H and O–H groups in total. The number of anilines is 2. The minimum absolute atomic E-state index is 0.0546. The van der Waals surface area contributed by atoms with Crippen molar-refractivity contribution >= 4 is 28.4 Å². The van der Waals surface area contributed by atoms with E-state index >= 15 is 0 Å². The van der Waals surface area contributed by atoms with Gasteiger partial charge in [0.1, 0.15) is 5.52 Å². The van der Waals surface area contributed by atoms with Crippen molar-refractivity contribution in [2.24, 2.45) is 0 Å². The van der Waals surface area contributed by atoms with Crippen LogP contribution in [0.4, 0.5) is 11.4 Å². The molecule has 2 saturated heterocycles. The van der Waals surface area contributed by atoms with Gasteiger partial charge in [-0.1, -0.05) is 0 Å². The maximum absolute atomic E-state index is 12.6. The number of rotatable bonds is 5. The summed E-state index contributed by atoms with van der Waals surface area (Å²) < 4.78 is 2.19. The van der Waals surface area contributed by atoms with Gasteiger partial charge in [0.15, 0.2) is 5.65 Å². The number of nitrogens with one attached hydrogen (secondary N) is 1. The minimum atomic E-state index is 0.0546. The minimum Gasteiger partial charge on any atom is -0.372 e. The highest BCUT2D eigenvalue weighted by Gasteiger charge is 2.23. The molecule has 2 aromatic heterocycles. The number of nitrogens with zero attached hydrogens (tertiary/aromatic N) is 5. The summed E-state index contributed by atoms with van der Waals surface area (Å²) in [5.41, 5.74) is 4.01. The Labute approximate surface area is 183 Å². The maximum Gasteiger partial charge on any atom is 0.238 e. The molecule has 0 saturated carbocycles. The van der Waals surface area contributed by atoms with E-state index in [1.165, 1.54) is 24.9 Å². The molecule has 4 heterocycles. The first-order valence-electron chi connectivity index (χ1n) is 11.4. The lowest BCUT2D eigenvalue weighted by Crippen LogP contribution is -2.39. The molecule has 0 spiro atoms. The van der Waals surface area contributed by atoms with Crippen LogP contribution in [-0.4, -0.2) is 58.1 Å². The second kappa shape index (κ2) is 9.06. The molecule has 1 aromatic carbocycles. The van der Waals surface area contributed by atoms with Gasteiger partial charge < -0.3 is 14.8 Å². The zero-order valence-corrected chi connectivity index (χ0v) is 17.9. The number of carbonyl (C=O) groups excluding carboxylic acids is 1. The highest BCUT2D eigenvalue weighted by atomic mass is 16.2. The Hall–Kier alpha value is -2.93. The van der Waals surface area contributed by atoms with E-state index in [4.69, 9.17) is 0 Å². The highest BCUT2D eigenvalue weighted by molar-refractivity contribution is 5.92. The molecular weight excluding hydrogens is 388 g/mol. The summed E-state index contributed by atoms with van der Waals surface area (Å²) in [6.45, 7) is 4.50. The fraction of sp³-hybridized carbons (Fsp3) is 0.458. The second-order valence-electron chi connectivity index (χ2n) is 8.65. The molecule has 2 fully saturated rings. The smallest absolute Gasteiger partial charge is 0.238 e. The summed E-state index contributed by atoms with van der Waals surface area (Å²) in [4.78, 5) is 26.2. The first kappa shape index (κ1) is 20.0. The first-order chi connectivity index (χ1) is 15.3. The van der Waals surface area contributed by atoms with Crippen LogP contribution in [0.3, 0.4) is 0 Å². The van der Waals surface area contributed by atoms with Gasteiger partial charge in [-0.3, -0.25) is 9.69 Å². The van der Waals surface area contributed by atoms with Gasteiger partial charge in [-0.2, -0.15) is 0 Å². The number of aromatic nitrogens is 3. The number of imidazole rings is 1. The van der Waals surface area contributed by atoms with Gasteiger partial charge in [0.2, 0.25) is 5.91 Å². The van der Waals surface area contributed by atoms with Crippen molar-refractivity contribution in [3.8, 4) is 0 Å². The lowest BCUT2D eigenvalue weighted by atomic mass is 10.0. The summed E-state index contributed by atoms with van der Waals surface area (Å²) in [7, 11) is 0. The number of amides is 1. The van der Waals surface area contributed by atoms with Gasteiger partial charge in [0.05, 0.1) is 12.9 Å². The predicted molar refractivity (Wildman–Crippen MR) is 123 cm³/mol. The number of carbonyl (C=O) groups is 1. The summed E-state index contributed by atoms with van der Waals surface area (Å²) in [5, 5.41) is 3.06. The standard InChI is InChI=1S/C24H30N6O/c31-23(27-19-6-8-20(9-7-19)29-13-2-1-3-14-29)17-28-15-10-21(11-16-28)30-18-26-22-5-4-12-25-24(22)30/h4-9,12,18,21H,1-3,10-11,13-17H2,(H,27,31). The van der Waals surface area contributed by atoms with Crippen LogP contribution in [0.15, 0.2) is 48.9 Å². The Morgan fingerprint density at radius 2 is 1.74 bits per heavy atom. The van der Waals surface area contributed by atoms with Crippen molar-refractivity contribution in [2.75, 3.05) is 42.9 Å². The zero-order chi connectivity index (χ0) is 21.0. The quantitative estimate of drug-likeness (QED) is 0.684. The lowest BCUT2D eigenvalue weighted by Gasteiger charge is -2.32. The molecule has 2 aliphatic rings. The predicted octanol–water partition coefficient (Wildman–Crippen LogP) is 3.70. The van der Waals surface area contributed by atoms with Gasteiger partial charge in [-0.05, 0) is 68.5 Å². The lowest BCUT2D eigenvalue weighted by molar-refractivity contribution is -0.117. The van der Waals surface area contributed by atoms with E-state index in [0.29, 0.717) is 12.6 Å². The number of hydrogen-bond donors (Lipinski definition) is 1. The van der Waals surface area contributed by atoms with Crippen LogP contribution in [0.5, 0.6) is 0 Å². The summed E-state index contributed by atoms with van der Waals surface area (Å²) in [6, 6.07) is 12.6. The van der Waals surface area contributed by atoms with Gasteiger partial charge in [0.25, 0.3) is 0 Å². The van der Waals surface area contributed by atoms with Crippen LogP contribution < -0.4 is 10.2 Å². The Balaban J connectivity index is 1.11. The van der Waals surface area contributed by atoms with E-state index < -0.39 is 0 Å². The Morgan fingerprint density at radius 1 is 0.968 bits per heavy atom. The average molecular weight is 419 g/mol. The molecule has 2 aliphatic heterocycles. The SMILES string of the molecule is O=C(CN1CCC(n2cnc3cccnc32)CC1)Nc1ccc(N2CCCCC2)cc1. The Morgan fingerprint density at radius 3 is 2.52 bits per heavy atom. The van der Waals surface area contributed by atoms with Crippen LogP contribution in [0, 0.1) is 0 Å². The number of fused-ring (bicyclic) bond motifs is 1. The fourth-order valence-electron chi connectivity index (χ4n) is 4.80. The van der Waals surface area contributed by atoms with Crippen LogP contribution in [-0.2, 0) is 4.79 Å². The van der Waals surface area contributed by atoms with E-state index in [1.54, 1.807) is 0 Å². The second-order valence-corrected chi connectivity index (χ2v) is 8.65. The normalized spacial score (nSPS) is 18.4. The molecule has 0 aliphatic carbocycles. The molecule has 5 rings (SSSR count). The summed E-state index contributed by atoms with van der Waals surface area (Å²) in [6.07, 6.45) is 9.58. The van der Waals surface area contributed by atoms with Crippen LogP contribution >= 0.6 is 0 Å². The molecule has 0 unspecified atom stereocenters. The number of likely N-dealkylation sites (tertiary alicyclic amines) is 1. The van der Waals surface area contributed by atoms with Crippen molar-refractivity contribution in [2.45, 2.75) is 38.1 Å². The molecule has 7 heteroatoms. The van der Waals surface area contributed by atoms with Gasteiger partial charge in [-0.15, -0.1) is 0 Å². The molecular formula is C24H30N6O. The maximum atomic E-state index is 12.6. The van der Waals surface area contributed by atoms with Crippen LogP contribution in [0.1, 0.15) is 38.1 Å². The fourth-order valence-corrected chi connectivity index (χ4v) is 4.80.